The van der Waals surface area contributed by atoms with Crippen LogP contribution in [0.1, 0.15) is 17.3 Å². The van der Waals surface area contributed by atoms with E-state index in [4.69, 9.17) is 15.9 Å². The van der Waals surface area contributed by atoms with E-state index < -0.39 is 5.97 Å². The number of benzene rings is 1. The zero-order chi connectivity index (χ0) is 12.7. The van der Waals surface area contributed by atoms with Gasteiger partial charge in [-0.15, -0.1) is 6.42 Å². The molecule has 88 valence electrons. The highest BCUT2D eigenvalue weighted by atomic mass is 16.6. The Morgan fingerprint density at radius 3 is 2.65 bits per heavy atom. The first-order valence-corrected chi connectivity index (χ1v) is 5.01. The molecule has 1 aromatic rings. The van der Waals surface area contributed by atoms with E-state index in [9.17, 15) is 9.59 Å². The third-order valence-corrected chi connectivity index (χ3v) is 1.92. The first-order chi connectivity index (χ1) is 8.15. The summed E-state index contributed by atoms with van der Waals surface area (Å²) in [6.45, 7) is 1.83. The van der Waals surface area contributed by atoms with E-state index in [2.05, 4.69) is 0 Å². The Balaban J connectivity index is 2.45. The fourth-order valence-corrected chi connectivity index (χ4v) is 1.13. The standard InChI is InChI=1S/C13H12O4/c1-3-13(15)16-9-10(2)17-12-6-4-11(8-14)5-7-12/h1,4-8,10H,9H2,2H3. The van der Waals surface area contributed by atoms with Gasteiger partial charge >= 0.3 is 5.97 Å². The molecule has 0 saturated heterocycles. The highest BCUT2D eigenvalue weighted by Crippen LogP contribution is 2.13. The SMILES string of the molecule is C#CC(=O)OCC(C)Oc1ccc(C=O)cc1. The van der Waals surface area contributed by atoms with Crippen molar-refractivity contribution in [2.24, 2.45) is 0 Å². The van der Waals surface area contributed by atoms with E-state index >= 15 is 0 Å². The number of ether oxygens (including phenoxy) is 2. The molecular formula is C13H12O4. The smallest absolute Gasteiger partial charge is 0.384 e. The molecule has 1 rings (SSSR count). The van der Waals surface area contributed by atoms with E-state index in [1.54, 1.807) is 31.2 Å². The largest absolute Gasteiger partial charge is 0.487 e. The van der Waals surface area contributed by atoms with Gasteiger partial charge in [-0.2, -0.15) is 0 Å². The first-order valence-electron chi connectivity index (χ1n) is 5.01. The molecule has 1 atom stereocenters. The maximum atomic E-state index is 10.7. The van der Waals surface area contributed by atoms with E-state index in [-0.39, 0.29) is 12.7 Å². The van der Waals surface area contributed by atoms with Gasteiger partial charge in [0.1, 0.15) is 24.7 Å². The molecule has 0 N–H and O–H groups in total. The van der Waals surface area contributed by atoms with Crippen molar-refractivity contribution >= 4 is 12.3 Å². The molecule has 0 bridgehead atoms. The van der Waals surface area contributed by atoms with E-state index in [0.717, 1.165) is 6.29 Å². The van der Waals surface area contributed by atoms with Crippen LogP contribution in [0.4, 0.5) is 0 Å². The third kappa shape index (κ3) is 4.39. The molecule has 0 fully saturated rings. The van der Waals surface area contributed by atoms with Gasteiger partial charge in [-0.05, 0) is 31.2 Å². The molecule has 4 heteroatoms. The summed E-state index contributed by atoms with van der Waals surface area (Å²) in [4.78, 5) is 21.1. The van der Waals surface area contributed by atoms with Crippen LogP contribution < -0.4 is 4.74 Å². The zero-order valence-electron chi connectivity index (χ0n) is 9.38. The fraction of sp³-hybridized carbons (Fsp3) is 0.231. The summed E-state index contributed by atoms with van der Waals surface area (Å²) < 4.78 is 10.2. The topological polar surface area (TPSA) is 52.6 Å². The number of rotatable bonds is 5. The summed E-state index contributed by atoms with van der Waals surface area (Å²) in [7, 11) is 0. The predicted molar refractivity (Wildman–Crippen MR) is 61.7 cm³/mol. The first kappa shape index (κ1) is 12.8. The lowest BCUT2D eigenvalue weighted by Crippen LogP contribution is -2.21. The molecule has 1 unspecified atom stereocenters. The number of hydrogen-bond acceptors (Lipinski definition) is 4. The fourth-order valence-electron chi connectivity index (χ4n) is 1.13. The van der Waals surface area contributed by atoms with Crippen LogP contribution in [0, 0.1) is 12.3 Å². The Morgan fingerprint density at radius 1 is 1.47 bits per heavy atom. The number of aldehydes is 1. The van der Waals surface area contributed by atoms with Gasteiger partial charge in [-0.3, -0.25) is 4.79 Å². The Morgan fingerprint density at radius 2 is 2.12 bits per heavy atom. The van der Waals surface area contributed by atoms with E-state index in [1.165, 1.54) is 0 Å². The summed E-state index contributed by atoms with van der Waals surface area (Å²) in [5.41, 5.74) is 0.573. The third-order valence-electron chi connectivity index (χ3n) is 1.92. The van der Waals surface area contributed by atoms with E-state index in [0.29, 0.717) is 11.3 Å². The van der Waals surface area contributed by atoms with Crippen molar-refractivity contribution in [2.75, 3.05) is 6.61 Å². The lowest BCUT2D eigenvalue weighted by molar-refractivity contribution is -0.138. The van der Waals surface area contributed by atoms with Gasteiger partial charge in [-0.1, -0.05) is 0 Å². The van der Waals surface area contributed by atoms with Crippen LogP contribution in [0.25, 0.3) is 0 Å². The van der Waals surface area contributed by atoms with Gasteiger partial charge in [0, 0.05) is 11.5 Å². The van der Waals surface area contributed by atoms with Crippen molar-refractivity contribution in [3.05, 3.63) is 29.8 Å². The minimum Gasteiger partial charge on any atom is -0.487 e. The van der Waals surface area contributed by atoms with E-state index in [1.807, 2.05) is 5.92 Å². The summed E-state index contributed by atoms with van der Waals surface area (Å²) in [5, 5.41) is 0. The normalized spacial score (nSPS) is 11.1. The van der Waals surface area contributed by atoms with Crippen molar-refractivity contribution in [1.29, 1.82) is 0 Å². The molecule has 0 amide bonds. The molecule has 4 nitrogen and oxygen atoms in total. The lowest BCUT2D eigenvalue weighted by Gasteiger charge is -2.13. The van der Waals surface area contributed by atoms with Crippen molar-refractivity contribution in [1.82, 2.24) is 0 Å². The van der Waals surface area contributed by atoms with Gasteiger partial charge in [0.2, 0.25) is 0 Å². The number of carbonyl (C=O) groups excluding carboxylic acids is 2. The Labute approximate surface area is 99.5 Å². The van der Waals surface area contributed by atoms with Crippen molar-refractivity contribution in [3.8, 4) is 18.1 Å². The molecule has 0 aliphatic rings. The van der Waals surface area contributed by atoms with Crippen molar-refractivity contribution in [3.63, 3.8) is 0 Å². The van der Waals surface area contributed by atoms with Gasteiger partial charge < -0.3 is 9.47 Å². The molecule has 0 heterocycles. The van der Waals surface area contributed by atoms with Crippen LogP contribution in [0.3, 0.4) is 0 Å². The summed E-state index contributed by atoms with van der Waals surface area (Å²) in [6, 6.07) is 6.62. The number of esters is 1. The maximum absolute atomic E-state index is 10.7. The van der Waals surface area contributed by atoms with Crippen LogP contribution in [0.2, 0.25) is 0 Å². The Bertz CT molecular complexity index is 428. The van der Waals surface area contributed by atoms with Crippen molar-refractivity contribution in [2.45, 2.75) is 13.0 Å². The van der Waals surface area contributed by atoms with Crippen LogP contribution >= 0.6 is 0 Å². The minimum absolute atomic E-state index is 0.0818. The number of carbonyl (C=O) groups is 2. The van der Waals surface area contributed by atoms with Gasteiger partial charge in [0.25, 0.3) is 0 Å². The summed E-state index contributed by atoms with van der Waals surface area (Å²) >= 11 is 0. The summed E-state index contributed by atoms with van der Waals surface area (Å²) in [5.74, 6) is 1.73. The number of terminal acetylenes is 1. The maximum Gasteiger partial charge on any atom is 0.384 e. The second-order valence-corrected chi connectivity index (χ2v) is 3.36. The zero-order valence-corrected chi connectivity index (χ0v) is 9.38. The van der Waals surface area contributed by atoms with Gasteiger partial charge in [-0.25, -0.2) is 4.79 Å². The van der Waals surface area contributed by atoms with Crippen LogP contribution in [-0.4, -0.2) is 25.0 Å². The highest BCUT2D eigenvalue weighted by molar-refractivity contribution is 5.87. The molecule has 0 aromatic heterocycles. The summed E-state index contributed by atoms with van der Waals surface area (Å²) in [6.07, 6.45) is 5.29. The molecule has 0 aliphatic carbocycles. The molecule has 0 radical (unpaired) electrons. The highest BCUT2D eigenvalue weighted by Gasteiger charge is 2.06. The lowest BCUT2D eigenvalue weighted by atomic mass is 10.2. The molecular weight excluding hydrogens is 220 g/mol. The molecule has 1 aromatic carbocycles. The van der Waals surface area contributed by atoms with Gasteiger partial charge in [0.05, 0.1) is 0 Å². The number of hydrogen-bond donors (Lipinski definition) is 0. The predicted octanol–water partition coefficient (Wildman–Crippen LogP) is 1.44. The van der Waals surface area contributed by atoms with Gasteiger partial charge in [0.15, 0.2) is 0 Å². The molecule has 17 heavy (non-hydrogen) atoms. The quantitative estimate of drug-likeness (QED) is 0.333. The Hall–Kier alpha value is -2.28. The molecule has 0 spiro atoms. The van der Waals surface area contributed by atoms with Crippen LogP contribution in [0.5, 0.6) is 5.75 Å². The minimum atomic E-state index is -0.711. The molecule has 0 saturated carbocycles. The average Bonchev–Trinajstić information content (AvgIpc) is 2.36. The average molecular weight is 232 g/mol. The molecule has 0 aliphatic heterocycles. The monoisotopic (exact) mass is 232 g/mol. The Kier molecular flexibility index (Phi) is 4.77. The van der Waals surface area contributed by atoms with Crippen LogP contribution in [-0.2, 0) is 9.53 Å². The second-order valence-electron chi connectivity index (χ2n) is 3.36. The van der Waals surface area contributed by atoms with Crippen LogP contribution in [0.15, 0.2) is 24.3 Å². The van der Waals surface area contributed by atoms with Crippen molar-refractivity contribution < 1.29 is 19.1 Å². The second kappa shape index (κ2) is 6.33.